The molecule has 2 aromatic rings. The van der Waals surface area contributed by atoms with Gasteiger partial charge in [-0.25, -0.2) is 4.39 Å². The topological polar surface area (TPSA) is 58.4 Å². The molecule has 110 valence electrons. The van der Waals surface area contributed by atoms with Crippen LogP contribution in [0.4, 0.5) is 21.5 Å². The smallest absolute Gasteiger partial charge is 0.257 e. The number of nitrogens with zero attached hydrogens (tertiary/aromatic N) is 1. The zero-order valence-electron chi connectivity index (χ0n) is 12.3. The van der Waals surface area contributed by atoms with Crippen molar-refractivity contribution in [3.8, 4) is 0 Å². The first-order valence-electron chi connectivity index (χ1n) is 6.53. The van der Waals surface area contributed by atoms with Crippen molar-refractivity contribution in [2.45, 2.75) is 6.92 Å². The molecule has 2 rings (SSSR count). The third-order valence-electron chi connectivity index (χ3n) is 3.16. The van der Waals surface area contributed by atoms with Crippen molar-refractivity contribution >= 4 is 23.0 Å². The number of carbonyl (C=O) groups excluding carboxylic acids is 1. The van der Waals surface area contributed by atoms with Crippen LogP contribution in [0.15, 0.2) is 36.4 Å². The van der Waals surface area contributed by atoms with E-state index >= 15 is 0 Å². The Bertz CT molecular complexity index is 683. The average molecular weight is 287 g/mol. The summed E-state index contributed by atoms with van der Waals surface area (Å²) >= 11 is 0. The number of hydrogen-bond donors (Lipinski definition) is 2. The standard InChI is InChI=1S/C16H18FN3O/c1-10-8-12(5-6-14(10)17)19-16(21)13-9-11(18)4-7-15(13)20(2)3/h4-9H,18H2,1-3H3,(H,19,21). The second kappa shape index (κ2) is 5.83. The molecule has 0 aliphatic rings. The van der Waals surface area contributed by atoms with Crippen LogP contribution in [0.1, 0.15) is 15.9 Å². The molecule has 0 saturated carbocycles. The van der Waals surface area contributed by atoms with Crippen molar-refractivity contribution in [1.82, 2.24) is 0 Å². The Morgan fingerprint density at radius 2 is 1.90 bits per heavy atom. The number of nitrogen functional groups attached to an aromatic ring is 1. The first-order valence-corrected chi connectivity index (χ1v) is 6.53. The van der Waals surface area contributed by atoms with Crippen LogP contribution in [0, 0.1) is 12.7 Å². The fraction of sp³-hybridized carbons (Fsp3) is 0.188. The number of benzene rings is 2. The van der Waals surface area contributed by atoms with Gasteiger partial charge in [-0.1, -0.05) is 0 Å². The normalized spacial score (nSPS) is 10.3. The van der Waals surface area contributed by atoms with Crippen molar-refractivity contribution in [2.24, 2.45) is 0 Å². The molecule has 0 unspecified atom stereocenters. The molecular weight excluding hydrogens is 269 g/mol. The summed E-state index contributed by atoms with van der Waals surface area (Å²) in [6, 6.07) is 9.61. The third kappa shape index (κ3) is 3.31. The summed E-state index contributed by atoms with van der Waals surface area (Å²) in [7, 11) is 3.70. The molecule has 5 heteroatoms. The highest BCUT2D eigenvalue weighted by molar-refractivity contribution is 6.08. The van der Waals surface area contributed by atoms with Crippen LogP contribution in [0.3, 0.4) is 0 Å². The molecule has 0 heterocycles. The molecule has 3 N–H and O–H groups in total. The first-order chi connectivity index (χ1) is 9.88. The van der Waals surface area contributed by atoms with E-state index in [1.54, 1.807) is 31.2 Å². The van der Waals surface area contributed by atoms with E-state index in [0.717, 1.165) is 5.69 Å². The SMILES string of the molecule is Cc1cc(NC(=O)c2cc(N)ccc2N(C)C)ccc1F. The van der Waals surface area contributed by atoms with Gasteiger partial charge in [0.25, 0.3) is 5.91 Å². The average Bonchev–Trinajstić information content (AvgIpc) is 2.42. The summed E-state index contributed by atoms with van der Waals surface area (Å²) in [5.74, 6) is -0.581. The van der Waals surface area contributed by atoms with Gasteiger partial charge < -0.3 is 16.0 Å². The molecule has 2 aromatic carbocycles. The highest BCUT2D eigenvalue weighted by atomic mass is 19.1. The lowest BCUT2D eigenvalue weighted by Gasteiger charge is -2.17. The number of hydrogen-bond acceptors (Lipinski definition) is 3. The molecule has 0 saturated heterocycles. The summed E-state index contributed by atoms with van der Waals surface area (Å²) in [4.78, 5) is 14.2. The van der Waals surface area contributed by atoms with Gasteiger partial charge in [0.2, 0.25) is 0 Å². The third-order valence-corrected chi connectivity index (χ3v) is 3.16. The van der Waals surface area contributed by atoms with Crippen molar-refractivity contribution < 1.29 is 9.18 Å². The number of halogens is 1. The number of rotatable bonds is 3. The molecule has 0 aromatic heterocycles. The van der Waals surface area contributed by atoms with Crippen LogP contribution >= 0.6 is 0 Å². The fourth-order valence-corrected chi connectivity index (χ4v) is 2.05. The molecule has 0 spiro atoms. The van der Waals surface area contributed by atoms with Gasteiger partial charge in [0.1, 0.15) is 5.82 Å². The zero-order chi connectivity index (χ0) is 15.6. The second-order valence-electron chi connectivity index (χ2n) is 5.09. The van der Waals surface area contributed by atoms with Crippen molar-refractivity contribution in [1.29, 1.82) is 0 Å². The minimum atomic E-state index is -0.300. The van der Waals surface area contributed by atoms with E-state index in [1.807, 2.05) is 19.0 Å². The van der Waals surface area contributed by atoms with Crippen molar-refractivity contribution in [3.63, 3.8) is 0 Å². The Labute approximate surface area is 123 Å². The van der Waals surface area contributed by atoms with Gasteiger partial charge >= 0.3 is 0 Å². The van der Waals surface area contributed by atoms with Crippen LogP contribution in [-0.2, 0) is 0 Å². The van der Waals surface area contributed by atoms with E-state index in [2.05, 4.69) is 5.32 Å². The number of aryl methyl sites for hydroxylation is 1. The lowest BCUT2D eigenvalue weighted by molar-refractivity contribution is 0.102. The van der Waals surface area contributed by atoms with E-state index in [1.165, 1.54) is 12.1 Å². The van der Waals surface area contributed by atoms with Crippen LogP contribution in [0.2, 0.25) is 0 Å². The van der Waals surface area contributed by atoms with Gasteiger partial charge in [0, 0.05) is 31.2 Å². The van der Waals surface area contributed by atoms with E-state index < -0.39 is 0 Å². The maximum Gasteiger partial charge on any atom is 0.257 e. The summed E-state index contributed by atoms with van der Waals surface area (Å²) in [6.45, 7) is 1.65. The Balaban J connectivity index is 2.31. The van der Waals surface area contributed by atoms with Gasteiger partial charge in [-0.15, -0.1) is 0 Å². The highest BCUT2D eigenvalue weighted by Gasteiger charge is 2.14. The molecule has 0 aliphatic carbocycles. The molecule has 0 fully saturated rings. The Morgan fingerprint density at radius 1 is 1.19 bits per heavy atom. The molecule has 0 atom stereocenters. The molecule has 0 aliphatic heterocycles. The highest BCUT2D eigenvalue weighted by Crippen LogP contribution is 2.23. The van der Waals surface area contributed by atoms with Crippen LogP contribution < -0.4 is 16.0 Å². The van der Waals surface area contributed by atoms with Crippen molar-refractivity contribution in [2.75, 3.05) is 30.0 Å². The van der Waals surface area contributed by atoms with Crippen LogP contribution in [0.5, 0.6) is 0 Å². The largest absolute Gasteiger partial charge is 0.399 e. The summed E-state index contributed by atoms with van der Waals surface area (Å²) in [5, 5.41) is 2.76. The predicted molar refractivity (Wildman–Crippen MR) is 84.3 cm³/mol. The van der Waals surface area contributed by atoms with Gasteiger partial charge in [-0.2, -0.15) is 0 Å². The van der Waals surface area contributed by atoms with Gasteiger partial charge in [-0.3, -0.25) is 4.79 Å². The van der Waals surface area contributed by atoms with E-state index in [9.17, 15) is 9.18 Å². The summed E-state index contributed by atoms with van der Waals surface area (Å²) in [5.41, 5.74) is 8.54. The number of amides is 1. The number of nitrogens with one attached hydrogen (secondary N) is 1. The molecular formula is C16H18FN3O. The zero-order valence-corrected chi connectivity index (χ0v) is 12.3. The maximum atomic E-state index is 13.2. The molecule has 1 amide bonds. The second-order valence-corrected chi connectivity index (χ2v) is 5.09. The monoisotopic (exact) mass is 287 g/mol. The van der Waals surface area contributed by atoms with Gasteiger partial charge in [0.15, 0.2) is 0 Å². The van der Waals surface area contributed by atoms with E-state index in [4.69, 9.17) is 5.73 Å². The predicted octanol–water partition coefficient (Wildman–Crippen LogP) is 3.03. The van der Waals surface area contributed by atoms with Gasteiger partial charge in [-0.05, 0) is 48.9 Å². The van der Waals surface area contributed by atoms with Crippen LogP contribution in [0.25, 0.3) is 0 Å². The Hall–Kier alpha value is -2.56. The Kier molecular flexibility index (Phi) is 4.12. The number of nitrogens with two attached hydrogens (primary N) is 1. The number of anilines is 3. The molecule has 21 heavy (non-hydrogen) atoms. The lowest BCUT2D eigenvalue weighted by Crippen LogP contribution is -2.19. The maximum absolute atomic E-state index is 13.2. The Morgan fingerprint density at radius 3 is 2.52 bits per heavy atom. The van der Waals surface area contributed by atoms with E-state index in [-0.39, 0.29) is 11.7 Å². The molecule has 4 nitrogen and oxygen atoms in total. The molecule has 0 bridgehead atoms. The number of carbonyl (C=O) groups is 1. The molecule has 0 radical (unpaired) electrons. The lowest BCUT2D eigenvalue weighted by atomic mass is 10.1. The quantitative estimate of drug-likeness (QED) is 0.853. The van der Waals surface area contributed by atoms with Crippen LogP contribution in [-0.4, -0.2) is 20.0 Å². The van der Waals surface area contributed by atoms with E-state index in [0.29, 0.717) is 22.5 Å². The minimum Gasteiger partial charge on any atom is -0.399 e. The van der Waals surface area contributed by atoms with Gasteiger partial charge in [0.05, 0.1) is 5.56 Å². The summed E-state index contributed by atoms with van der Waals surface area (Å²) < 4.78 is 13.2. The summed E-state index contributed by atoms with van der Waals surface area (Å²) in [6.07, 6.45) is 0. The minimum absolute atomic E-state index is 0.281. The first kappa shape index (κ1) is 14.8. The fourth-order valence-electron chi connectivity index (χ4n) is 2.05. The van der Waals surface area contributed by atoms with Crippen molar-refractivity contribution in [3.05, 3.63) is 53.3 Å².